The molecular formula is C12H13BrN2O. The van der Waals surface area contributed by atoms with Gasteiger partial charge >= 0.3 is 0 Å². The summed E-state index contributed by atoms with van der Waals surface area (Å²) in [5, 5.41) is 2.13. The molecule has 0 fully saturated rings. The van der Waals surface area contributed by atoms with E-state index >= 15 is 0 Å². The number of fused-ring (bicyclic) bond motifs is 1. The molecule has 0 amide bonds. The quantitative estimate of drug-likeness (QED) is 0.876. The summed E-state index contributed by atoms with van der Waals surface area (Å²) in [4.78, 5) is 4.24. The molecule has 2 N–H and O–H groups in total. The summed E-state index contributed by atoms with van der Waals surface area (Å²) >= 11 is 3.51. The minimum atomic E-state index is 0.606. The zero-order valence-corrected chi connectivity index (χ0v) is 10.4. The van der Waals surface area contributed by atoms with Gasteiger partial charge < -0.3 is 10.5 Å². The number of nitrogens with zero attached hydrogens (tertiary/aromatic N) is 1. The number of pyridine rings is 1. The maximum Gasteiger partial charge on any atom is 0.221 e. The van der Waals surface area contributed by atoms with Crippen molar-refractivity contribution in [1.29, 1.82) is 0 Å². The molecule has 1 heterocycles. The van der Waals surface area contributed by atoms with Crippen LogP contribution in [0.1, 0.15) is 6.42 Å². The lowest BCUT2D eigenvalue weighted by Crippen LogP contribution is -2.06. The first-order valence-electron chi connectivity index (χ1n) is 5.19. The highest BCUT2D eigenvalue weighted by molar-refractivity contribution is 9.10. The van der Waals surface area contributed by atoms with E-state index in [-0.39, 0.29) is 0 Å². The van der Waals surface area contributed by atoms with Crippen LogP contribution in [0.3, 0.4) is 0 Å². The predicted molar refractivity (Wildman–Crippen MR) is 68.6 cm³/mol. The average molecular weight is 281 g/mol. The zero-order chi connectivity index (χ0) is 11.4. The van der Waals surface area contributed by atoms with Gasteiger partial charge in [0.05, 0.1) is 6.61 Å². The molecule has 0 aliphatic heterocycles. The van der Waals surface area contributed by atoms with Gasteiger partial charge in [-0.3, -0.25) is 0 Å². The molecule has 4 heteroatoms. The molecule has 0 radical (unpaired) electrons. The summed E-state index contributed by atoms with van der Waals surface area (Å²) in [6, 6.07) is 7.95. The molecule has 0 aliphatic rings. The van der Waals surface area contributed by atoms with Crippen LogP contribution < -0.4 is 10.5 Å². The van der Waals surface area contributed by atoms with E-state index in [1.165, 1.54) is 0 Å². The first-order chi connectivity index (χ1) is 7.83. The van der Waals surface area contributed by atoms with Gasteiger partial charge in [-0.25, -0.2) is 4.98 Å². The molecule has 16 heavy (non-hydrogen) atoms. The summed E-state index contributed by atoms with van der Waals surface area (Å²) < 4.78 is 6.65. The highest BCUT2D eigenvalue weighted by Crippen LogP contribution is 2.28. The summed E-state index contributed by atoms with van der Waals surface area (Å²) in [5.74, 6) is 0.673. The van der Waals surface area contributed by atoms with Crippen molar-refractivity contribution in [3.63, 3.8) is 0 Å². The van der Waals surface area contributed by atoms with Crippen molar-refractivity contribution < 1.29 is 4.74 Å². The fraction of sp³-hybridized carbons (Fsp3) is 0.250. The predicted octanol–water partition coefficient (Wildman–Crippen LogP) is 2.72. The Labute approximate surface area is 103 Å². The third-order valence-electron chi connectivity index (χ3n) is 2.30. The van der Waals surface area contributed by atoms with Gasteiger partial charge in [0.25, 0.3) is 0 Å². The van der Waals surface area contributed by atoms with Gasteiger partial charge in [0.1, 0.15) is 0 Å². The highest BCUT2D eigenvalue weighted by Gasteiger charge is 2.04. The molecule has 0 spiro atoms. The largest absolute Gasteiger partial charge is 0.477 e. The lowest BCUT2D eigenvalue weighted by Gasteiger charge is -2.08. The van der Waals surface area contributed by atoms with Crippen LogP contribution in [0.4, 0.5) is 0 Å². The van der Waals surface area contributed by atoms with E-state index in [2.05, 4.69) is 20.9 Å². The van der Waals surface area contributed by atoms with E-state index < -0.39 is 0 Å². The van der Waals surface area contributed by atoms with E-state index in [9.17, 15) is 0 Å². The number of hydrogen-bond acceptors (Lipinski definition) is 3. The van der Waals surface area contributed by atoms with Crippen molar-refractivity contribution in [3.05, 3.63) is 34.9 Å². The van der Waals surface area contributed by atoms with Crippen molar-refractivity contribution in [2.24, 2.45) is 5.73 Å². The monoisotopic (exact) mass is 280 g/mol. The van der Waals surface area contributed by atoms with Crippen LogP contribution in [0.15, 0.2) is 34.9 Å². The lowest BCUT2D eigenvalue weighted by molar-refractivity contribution is 0.305. The van der Waals surface area contributed by atoms with E-state index in [1.54, 1.807) is 6.20 Å². The lowest BCUT2D eigenvalue weighted by atomic mass is 10.2. The molecule has 0 saturated carbocycles. The summed E-state index contributed by atoms with van der Waals surface area (Å²) in [6.45, 7) is 1.24. The maximum absolute atomic E-state index is 5.60. The molecule has 0 unspecified atom stereocenters. The molecule has 0 aliphatic carbocycles. The normalized spacial score (nSPS) is 10.6. The molecule has 3 nitrogen and oxygen atoms in total. The Hall–Kier alpha value is -1.13. The second-order valence-electron chi connectivity index (χ2n) is 3.44. The Morgan fingerprint density at radius 1 is 1.25 bits per heavy atom. The molecule has 0 bridgehead atoms. The van der Waals surface area contributed by atoms with Gasteiger partial charge in [-0.1, -0.05) is 22.0 Å². The minimum Gasteiger partial charge on any atom is -0.477 e. The molecule has 0 atom stereocenters. The van der Waals surface area contributed by atoms with Crippen molar-refractivity contribution in [2.75, 3.05) is 13.2 Å². The van der Waals surface area contributed by atoms with Crippen molar-refractivity contribution >= 4 is 26.7 Å². The van der Waals surface area contributed by atoms with Gasteiger partial charge in [0.2, 0.25) is 5.88 Å². The Morgan fingerprint density at radius 3 is 2.94 bits per heavy atom. The van der Waals surface area contributed by atoms with Crippen molar-refractivity contribution in [2.45, 2.75) is 6.42 Å². The summed E-state index contributed by atoms with van der Waals surface area (Å²) in [5.41, 5.74) is 5.42. The zero-order valence-electron chi connectivity index (χ0n) is 8.82. The Balaban J connectivity index is 2.34. The smallest absolute Gasteiger partial charge is 0.221 e. The SMILES string of the molecule is NCCCOc1nccc2c(Br)cccc12. The highest BCUT2D eigenvalue weighted by atomic mass is 79.9. The number of ether oxygens (including phenoxy) is 1. The first kappa shape index (κ1) is 11.4. The Bertz CT molecular complexity index is 487. The van der Waals surface area contributed by atoms with Crippen LogP contribution in [-0.4, -0.2) is 18.1 Å². The molecule has 0 saturated heterocycles. The van der Waals surface area contributed by atoms with Crippen LogP contribution >= 0.6 is 15.9 Å². The molecule has 1 aromatic carbocycles. The number of benzene rings is 1. The average Bonchev–Trinajstić information content (AvgIpc) is 2.31. The number of nitrogens with two attached hydrogens (primary N) is 1. The van der Waals surface area contributed by atoms with E-state index in [1.807, 2.05) is 24.3 Å². The van der Waals surface area contributed by atoms with Crippen LogP contribution in [0, 0.1) is 0 Å². The number of hydrogen-bond donors (Lipinski definition) is 1. The van der Waals surface area contributed by atoms with E-state index in [0.717, 1.165) is 21.7 Å². The van der Waals surface area contributed by atoms with Crippen LogP contribution in [0.2, 0.25) is 0 Å². The summed E-state index contributed by atoms with van der Waals surface area (Å²) in [6.07, 6.45) is 2.59. The third kappa shape index (κ3) is 2.33. The van der Waals surface area contributed by atoms with Crippen LogP contribution in [0.5, 0.6) is 5.88 Å². The molecular weight excluding hydrogens is 268 g/mol. The minimum absolute atomic E-state index is 0.606. The Morgan fingerprint density at radius 2 is 2.12 bits per heavy atom. The van der Waals surface area contributed by atoms with Gasteiger partial charge in [0.15, 0.2) is 0 Å². The van der Waals surface area contributed by atoms with E-state index in [4.69, 9.17) is 10.5 Å². The van der Waals surface area contributed by atoms with Gasteiger partial charge in [-0.2, -0.15) is 0 Å². The van der Waals surface area contributed by atoms with E-state index in [0.29, 0.717) is 19.0 Å². The van der Waals surface area contributed by atoms with Crippen molar-refractivity contribution in [1.82, 2.24) is 4.98 Å². The first-order valence-corrected chi connectivity index (χ1v) is 5.98. The van der Waals surface area contributed by atoms with Gasteiger partial charge in [-0.05, 0) is 31.2 Å². The second kappa shape index (κ2) is 5.27. The fourth-order valence-corrected chi connectivity index (χ4v) is 2.01. The Kier molecular flexibility index (Phi) is 3.74. The van der Waals surface area contributed by atoms with Crippen LogP contribution in [0.25, 0.3) is 10.8 Å². The number of halogens is 1. The number of aromatic nitrogens is 1. The molecule has 84 valence electrons. The topological polar surface area (TPSA) is 48.1 Å². The third-order valence-corrected chi connectivity index (χ3v) is 3.00. The standard InChI is InChI=1S/C12H13BrN2O/c13-11-4-1-3-10-9(11)5-7-15-12(10)16-8-2-6-14/h1,3-5,7H,2,6,8,14H2. The second-order valence-corrected chi connectivity index (χ2v) is 4.30. The number of rotatable bonds is 4. The molecule has 1 aromatic heterocycles. The maximum atomic E-state index is 5.60. The molecule has 2 rings (SSSR count). The van der Waals surface area contributed by atoms with Gasteiger partial charge in [-0.15, -0.1) is 0 Å². The van der Waals surface area contributed by atoms with Gasteiger partial charge in [0, 0.05) is 21.4 Å². The van der Waals surface area contributed by atoms with Crippen molar-refractivity contribution in [3.8, 4) is 5.88 Å². The fourth-order valence-electron chi connectivity index (χ4n) is 1.51. The van der Waals surface area contributed by atoms with Crippen LogP contribution in [-0.2, 0) is 0 Å². The molecule has 2 aromatic rings. The summed E-state index contributed by atoms with van der Waals surface area (Å²) in [7, 11) is 0.